The van der Waals surface area contributed by atoms with Crippen LogP contribution in [0.5, 0.6) is 0 Å². The van der Waals surface area contributed by atoms with Crippen LogP contribution < -0.4 is 0 Å². The summed E-state index contributed by atoms with van der Waals surface area (Å²) < 4.78 is 5.00. The van der Waals surface area contributed by atoms with Crippen molar-refractivity contribution in [1.29, 1.82) is 0 Å². The van der Waals surface area contributed by atoms with Gasteiger partial charge >= 0.3 is 5.97 Å². The van der Waals surface area contributed by atoms with Gasteiger partial charge in [-0.15, -0.1) is 0 Å². The molecule has 0 saturated carbocycles. The number of rotatable bonds is 6. The van der Waals surface area contributed by atoms with Gasteiger partial charge in [0.15, 0.2) is 6.04 Å². The second kappa shape index (κ2) is 8.72. The van der Waals surface area contributed by atoms with Gasteiger partial charge in [0.05, 0.1) is 12.8 Å². The third-order valence-electron chi connectivity index (χ3n) is 4.03. The Morgan fingerprint density at radius 2 is 1.46 bits per heavy atom. The monoisotopic (exact) mass is 344 g/mol. The number of nitrogens with zero attached hydrogens (tertiary/aromatic N) is 2. The Morgan fingerprint density at radius 1 is 0.923 bits per heavy atom. The lowest BCUT2D eigenvalue weighted by Gasteiger charge is -2.14. The Kier molecular flexibility index (Phi) is 5.88. The summed E-state index contributed by atoms with van der Waals surface area (Å²) in [6.45, 7) is 0. The Labute approximate surface area is 153 Å². The van der Waals surface area contributed by atoms with Gasteiger partial charge in [0.1, 0.15) is 0 Å². The van der Waals surface area contributed by atoms with Crippen LogP contribution in [0.1, 0.15) is 16.7 Å². The van der Waals surface area contributed by atoms with Crippen LogP contribution in [-0.4, -0.2) is 29.8 Å². The van der Waals surface area contributed by atoms with E-state index in [-0.39, 0.29) is 5.97 Å². The first kappa shape index (κ1) is 17.5. The molecule has 0 aliphatic rings. The minimum absolute atomic E-state index is 0.355. The Balaban J connectivity index is 2.03. The van der Waals surface area contributed by atoms with Crippen molar-refractivity contribution in [2.24, 2.45) is 4.99 Å². The van der Waals surface area contributed by atoms with Crippen LogP contribution in [0.3, 0.4) is 0 Å². The molecule has 0 radical (unpaired) electrons. The highest BCUT2D eigenvalue weighted by atomic mass is 16.5. The molecule has 0 fully saturated rings. The van der Waals surface area contributed by atoms with Gasteiger partial charge in [0, 0.05) is 29.9 Å². The average Bonchev–Trinajstić information content (AvgIpc) is 2.72. The zero-order valence-corrected chi connectivity index (χ0v) is 14.6. The van der Waals surface area contributed by atoms with E-state index in [2.05, 4.69) is 4.98 Å². The predicted octanol–water partition coefficient (Wildman–Crippen LogP) is 3.70. The number of pyridine rings is 1. The fraction of sp³-hybridized carbons (Fsp3) is 0.136. The Hall–Kier alpha value is -3.27. The van der Waals surface area contributed by atoms with Gasteiger partial charge in [-0.2, -0.15) is 0 Å². The summed E-state index contributed by atoms with van der Waals surface area (Å²) in [6, 6.07) is 22.9. The third-order valence-corrected chi connectivity index (χ3v) is 4.03. The number of hydrogen-bond acceptors (Lipinski definition) is 4. The number of hydrogen-bond donors (Lipinski definition) is 0. The van der Waals surface area contributed by atoms with Crippen molar-refractivity contribution >= 4 is 11.7 Å². The first-order valence-corrected chi connectivity index (χ1v) is 8.43. The van der Waals surface area contributed by atoms with Gasteiger partial charge in [0.2, 0.25) is 0 Å². The van der Waals surface area contributed by atoms with Gasteiger partial charge in [-0.1, -0.05) is 60.7 Å². The van der Waals surface area contributed by atoms with E-state index >= 15 is 0 Å². The molecule has 3 aromatic rings. The van der Waals surface area contributed by atoms with E-state index in [4.69, 9.17) is 9.73 Å². The maximum Gasteiger partial charge on any atom is 0.330 e. The van der Waals surface area contributed by atoms with Gasteiger partial charge in [-0.05, 0) is 17.7 Å². The number of aromatic nitrogens is 1. The standard InChI is InChI=1S/C22H20N2O2/c1-26-22(25)20(16-17-12-14-23-15-13-17)24-21(18-8-4-2-5-9-18)19-10-6-3-7-11-19/h2-15,20H,16H2,1H3. The molecule has 0 spiro atoms. The second-order valence-electron chi connectivity index (χ2n) is 5.81. The van der Waals surface area contributed by atoms with Crippen LogP contribution in [0.25, 0.3) is 0 Å². The van der Waals surface area contributed by atoms with Gasteiger partial charge in [0.25, 0.3) is 0 Å². The van der Waals surface area contributed by atoms with E-state index in [1.54, 1.807) is 12.4 Å². The smallest absolute Gasteiger partial charge is 0.330 e. The van der Waals surface area contributed by atoms with Crippen molar-refractivity contribution < 1.29 is 9.53 Å². The van der Waals surface area contributed by atoms with Gasteiger partial charge in [-0.3, -0.25) is 9.98 Å². The summed E-state index contributed by atoms with van der Waals surface area (Å²) in [5.74, 6) is -0.355. The molecule has 1 atom stereocenters. The molecule has 0 amide bonds. The third kappa shape index (κ3) is 4.42. The highest BCUT2D eigenvalue weighted by Gasteiger charge is 2.21. The highest BCUT2D eigenvalue weighted by Crippen LogP contribution is 2.15. The van der Waals surface area contributed by atoms with Gasteiger partial charge < -0.3 is 4.74 Å². The Morgan fingerprint density at radius 3 is 1.96 bits per heavy atom. The molecule has 0 saturated heterocycles. The fourth-order valence-electron chi connectivity index (χ4n) is 2.72. The fourth-order valence-corrected chi connectivity index (χ4v) is 2.72. The SMILES string of the molecule is COC(=O)C(Cc1ccncc1)N=C(c1ccccc1)c1ccccc1. The minimum Gasteiger partial charge on any atom is -0.467 e. The van der Waals surface area contributed by atoms with E-state index in [1.807, 2.05) is 72.8 Å². The molecular formula is C22H20N2O2. The van der Waals surface area contributed by atoms with Crippen molar-refractivity contribution in [2.45, 2.75) is 12.5 Å². The molecule has 26 heavy (non-hydrogen) atoms. The lowest BCUT2D eigenvalue weighted by molar-refractivity contribution is -0.142. The van der Waals surface area contributed by atoms with Crippen molar-refractivity contribution in [3.05, 3.63) is 102 Å². The lowest BCUT2D eigenvalue weighted by atomic mass is 10.0. The molecule has 1 heterocycles. The number of methoxy groups -OCH3 is 1. The number of carbonyl (C=O) groups excluding carboxylic acids is 1. The molecule has 2 aromatic carbocycles. The molecule has 4 nitrogen and oxygen atoms in total. The summed E-state index contributed by atoms with van der Waals surface area (Å²) in [7, 11) is 1.39. The van der Waals surface area contributed by atoms with E-state index in [1.165, 1.54) is 7.11 Å². The second-order valence-corrected chi connectivity index (χ2v) is 5.81. The van der Waals surface area contributed by atoms with E-state index in [0.29, 0.717) is 6.42 Å². The number of benzene rings is 2. The van der Waals surface area contributed by atoms with Crippen LogP contribution in [0.4, 0.5) is 0 Å². The normalized spacial score (nSPS) is 11.4. The van der Waals surface area contributed by atoms with Crippen molar-refractivity contribution in [1.82, 2.24) is 4.98 Å². The topological polar surface area (TPSA) is 51.5 Å². The summed E-state index contributed by atoms with van der Waals surface area (Å²) in [5.41, 5.74) is 3.68. The molecule has 0 aliphatic carbocycles. The average molecular weight is 344 g/mol. The van der Waals surface area contributed by atoms with Crippen LogP contribution in [0.2, 0.25) is 0 Å². The van der Waals surface area contributed by atoms with Crippen LogP contribution in [0.15, 0.2) is 90.2 Å². The van der Waals surface area contributed by atoms with Crippen molar-refractivity contribution in [3.8, 4) is 0 Å². The number of ether oxygens (including phenoxy) is 1. The summed E-state index contributed by atoms with van der Waals surface area (Å²) in [4.78, 5) is 21.2. The summed E-state index contributed by atoms with van der Waals surface area (Å²) in [5, 5.41) is 0. The van der Waals surface area contributed by atoms with E-state index in [9.17, 15) is 4.79 Å². The number of aliphatic imine (C=N–C) groups is 1. The zero-order chi connectivity index (χ0) is 18.2. The number of carbonyl (C=O) groups is 1. The molecule has 3 rings (SSSR count). The maximum atomic E-state index is 12.4. The first-order chi connectivity index (χ1) is 12.8. The lowest BCUT2D eigenvalue weighted by Crippen LogP contribution is -2.25. The molecular weight excluding hydrogens is 324 g/mol. The Bertz CT molecular complexity index is 821. The molecule has 1 unspecified atom stereocenters. The molecule has 0 bridgehead atoms. The van der Waals surface area contributed by atoms with Crippen LogP contribution >= 0.6 is 0 Å². The quantitative estimate of drug-likeness (QED) is 0.506. The minimum atomic E-state index is -0.627. The molecule has 1 aromatic heterocycles. The summed E-state index contributed by atoms with van der Waals surface area (Å²) in [6.07, 6.45) is 3.88. The highest BCUT2D eigenvalue weighted by molar-refractivity contribution is 6.13. The molecule has 0 N–H and O–H groups in total. The maximum absolute atomic E-state index is 12.4. The van der Waals surface area contributed by atoms with E-state index in [0.717, 1.165) is 22.4 Å². The van der Waals surface area contributed by atoms with Gasteiger partial charge in [-0.25, -0.2) is 4.79 Å². The molecule has 0 aliphatic heterocycles. The molecule has 4 heteroatoms. The largest absolute Gasteiger partial charge is 0.467 e. The molecule has 130 valence electrons. The number of esters is 1. The van der Waals surface area contributed by atoms with Crippen molar-refractivity contribution in [2.75, 3.05) is 7.11 Å². The van der Waals surface area contributed by atoms with E-state index < -0.39 is 6.04 Å². The van der Waals surface area contributed by atoms with Crippen LogP contribution in [-0.2, 0) is 16.0 Å². The summed E-state index contributed by atoms with van der Waals surface area (Å²) >= 11 is 0. The first-order valence-electron chi connectivity index (χ1n) is 8.43. The zero-order valence-electron chi connectivity index (χ0n) is 14.6. The predicted molar refractivity (Wildman–Crippen MR) is 102 cm³/mol. The van der Waals surface area contributed by atoms with Crippen LogP contribution in [0, 0.1) is 0 Å². The van der Waals surface area contributed by atoms with Crippen molar-refractivity contribution in [3.63, 3.8) is 0 Å².